The van der Waals surface area contributed by atoms with E-state index in [9.17, 15) is 19.2 Å². The van der Waals surface area contributed by atoms with Gasteiger partial charge in [0.2, 0.25) is 5.91 Å². The number of rotatable bonds is 6. The van der Waals surface area contributed by atoms with Gasteiger partial charge in [0.05, 0.1) is 12.5 Å². The first-order chi connectivity index (χ1) is 14.7. The number of esters is 1. The molecule has 31 heavy (non-hydrogen) atoms. The summed E-state index contributed by atoms with van der Waals surface area (Å²) in [5.41, 5.74) is 5.16. The van der Waals surface area contributed by atoms with Crippen molar-refractivity contribution in [3.05, 3.63) is 64.2 Å². The van der Waals surface area contributed by atoms with E-state index in [2.05, 4.69) is 10.7 Å². The first kappa shape index (κ1) is 22.3. The minimum atomic E-state index is -0.772. The number of nitrogens with zero attached hydrogens (tertiary/aromatic N) is 1. The van der Waals surface area contributed by atoms with E-state index in [-0.39, 0.29) is 13.0 Å². The Bertz CT molecular complexity index is 1040. The maximum Gasteiger partial charge on any atom is 0.311 e. The molecule has 9 heteroatoms. The van der Waals surface area contributed by atoms with Crippen molar-refractivity contribution < 1.29 is 23.9 Å². The first-order valence-corrected chi connectivity index (χ1v) is 10.0. The normalized spacial score (nSPS) is 15.5. The molecule has 0 saturated carbocycles. The van der Waals surface area contributed by atoms with E-state index >= 15 is 0 Å². The van der Waals surface area contributed by atoms with E-state index in [4.69, 9.17) is 16.3 Å². The second kappa shape index (κ2) is 9.61. The van der Waals surface area contributed by atoms with Crippen LogP contribution < -0.4 is 10.7 Å². The Morgan fingerprint density at radius 2 is 1.94 bits per heavy atom. The molecular formula is C22H22ClN3O5. The summed E-state index contributed by atoms with van der Waals surface area (Å²) in [5, 5.41) is 4.20. The number of halogens is 1. The van der Waals surface area contributed by atoms with Crippen molar-refractivity contribution in [3.8, 4) is 0 Å². The van der Waals surface area contributed by atoms with Crippen molar-refractivity contribution in [1.29, 1.82) is 0 Å². The second-order valence-electron chi connectivity index (χ2n) is 7.33. The molecule has 2 N–H and O–H groups in total. The Morgan fingerprint density at radius 1 is 1.16 bits per heavy atom. The summed E-state index contributed by atoms with van der Waals surface area (Å²) in [6.07, 6.45) is -0.109. The monoisotopic (exact) mass is 443 g/mol. The fourth-order valence-electron chi connectivity index (χ4n) is 3.12. The SMILES string of the molecule is Cc1cccc(C(=O)NN2C[C@H](C(=O)OCC(=O)Nc3cc(Cl)ccc3C)CC2=O)c1. The quantitative estimate of drug-likeness (QED) is 0.668. The van der Waals surface area contributed by atoms with E-state index in [0.717, 1.165) is 16.1 Å². The molecule has 2 aromatic carbocycles. The van der Waals surface area contributed by atoms with Crippen LogP contribution in [0.3, 0.4) is 0 Å². The van der Waals surface area contributed by atoms with Crippen LogP contribution in [0.25, 0.3) is 0 Å². The number of hydrogen-bond acceptors (Lipinski definition) is 5. The van der Waals surface area contributed by atoms with Crippen LogP contribution in [-0.2, 0) is 19.1 Å². The van der Waals surface area contributed by atoms with Gasteiger partial charge in [-0.05, 0) is 43.7 Å². The minimum Gasteiger partial charge on any atom is -0.455 e. The van der Waals surface area contributed by atoms with Crippen LogP contribution in [0.4, 0.5) is 5.69 Å². The number of ether oxygens (including phenoxy) is 1. The zero-order valence-corrected chi connectivity index (χ0v) is 17.9. The van der Waals surface area contributed by atoms with Gasteiger partial charge >= 0.3 is 5.97 Å². The zero-order chi connectivity index (χ0) is 22.5. The van der Waals surface area contributed by atoms with E-state index in [1.807, 2.05) is 19.9 Å². The maximum absolute atomic E-state index is 12.3. The Balaban J connectivity index is 1.50. The number of benzene rings is 2. The summed E-state index contributed by atoms with van der Waals surface area (Å²) in [5.74, 6) is -2.82. The minimum absolute atomic E-state index is 0.0236. The van der Waals surface area contributed by atoms with Gasteiger partial charge in [-0.15, -0.1) is 0 Å². The van der Waals surface area contributed by atoms with Crippen molar-refractivity contribution in [2.75, 3.05) is 18.5 Å². The summed E-state index contributed by atoms with van der Waals surface area (Å²) >= 11 is 5.92. The van der Waals surface area contributed by atoms with Crippen LogP contribution in [0.5, 0.6) is 0 Å². The Morgan fingerprint density at radius 3 is 2.68 bits per heavy atom. The number of hydrazine groups is 1. The van der Waals surface area contributed by atoms with Crippen LogP contribution in [0.2, 0.25) is 5.02 Å². The van der Waals surface area contributed by atoms with Crippen molar-refractivity contribution in [1.82, 2.24) is 10.4 Å². The molecule has 0 aliphatic carbocycles. The number of anilines is 1. The van der Waals surface area contributed by atoms with Crippen molar-refractivity contribution in [2.24, 2.45) is 5.92 Å². The van der Waals surface area contributed by atoms with E-state index in [0.29, 0.717) is 16.3 Å². The number of aryl methyl sites for hydroxylation is 2. The highest BCUT2D eigenvalue weighted by Gasteiger charge is 2.36. The molecular weight excluding hydrogens is 422 g/mol. The third-order valence-corrected chi connectivity index (χ3v) is 5.03. The molecule has 0 bridgehead atoms. The fraction of sp³-hybridized carbons (Fsp3) is 0.273. The standard InChI is InChI=1S/C22H22ClN3O5/c1-13-4-3-5-15(8-13)21(29)25-26-11-16(9-20(26)28)22(30)31-12-19(27)24-18-10-17(23)7-6-14(18)2/h3-8,10,16H,9,11-12H2,1-2H3,(H,24,27)(H,25,29)/t16-/m1/s1. The molecule has 2 aromatic rings. The van der Waals surface area contributed by atoms with Crippen LogP contribution in [-0.4, -0.2) is 41.9 Å². The molecule has 1 heterocycles. The van der Waals surface area contributed by atoms with Gasteiger partial charge in [0, 0.05) is 22.7 Å². The van der Waals surface area contributed by atoms with Crippen LogP contribution in [0, 0.1) is 19.8 Å². The molecule has 1 fully saturated rings. The molecule has 1 aliphatic rings. The van der Waals surface area contributed by atoms with Gasteiger partial charge in [0.1, 0.15) is 0 Å². The van der Waals surface area contributed by atoms with Gasteiger partial charge < -0.3 is 10.1 Å². The topological polar surface area (TPSA) is 105 Å². The molecule has 0 spiro atoms. The number of nitrogens with one attached hydrogen (secondary N) is 2. The van der Waals surface area contributed by atoms with Crippen LogP contribution in [0.15, 0.2) is 42.5 Å². The predicted molar refractivity (Wildman–Crippen MR) is 114 cm³/mol. The van der Waals surface area contributed by atoms with Gasteiger partial charge in [0.25, 0.3) is 11.8 Å². The Hall–Kier alpha value is -3.39. The van der Waals surface area contributed by atoms with Gasteiger partial charge in [-0.1, -0.05) is 35.4 Å². The smallest absolute Gasteiger partial charge is 0.311 e. The van der Waals surface area contributed by atoms with Gasteiger partial charge in [-0.3, -0.25) is 29.6 Å². The van der Waals surface area contributed by atoms with Crippen LogP contribution >= 0.6 is 11.6 Å². The molecule has 1 aliphatic heterocycles. The molecule has 1 saturated heterocycles. The molecule has 0 unspecified atom stereocenters. The first-order valence-electron chi connectivity index (χ1n) is 9.63. The molecule has 8 nitrogen and oxygen atoms in total. The number of carbonyl (C=O) groups is 4. The third kappa shape index (κ3) is 5.82. The highest BCUT2D eigenvalue weighted by molar-refractivity contribution is 6.31. The van der Waals surface area contributed by atoms with Crippen LogP contribution in [0.1, 0.15) is 27.9 Å². The highest BCUT2D eigenvalue weighted by atomic mass is 35.5. The van der Waals surface area contributed by atoms with Crippen molar-refractivity contribution >= 4 is 41.0 Å². The molecule has 1 atom stereocenters. The molecule has 3 rings (SSSR count). The second-order valence-corrected chi connectivity index (χ2v) is 7.77. The predicted octanol–water partition coefficient (Wildman–Crippen LogP) is 2.63. The summed E-state index contributed by atoms with van der Waals surface area (Å²) in [4.78, 5) is 48.9. The lowest BCUT2D eigenvalue weighted by atomic mass is 10.1. The summed E-state index contributed by atoms with van der Waals surface area (Å²) in [6, 6.07) is 12.0. The number of hydrogen-bond donors (Lipinski definition) is 2. The van der Waals surface area contributed by atoms with Gasteiger partial charge in [-0.2, -0.15) is 0 Å². The fourth-order valence-corrected chi connectivity index (χ4v) is 3.29. The Labute approximate surface area is 184 Å². The number of carbonyl (C=O) groups excluding carboxylic acids is 4. The van der Waals surface area contributed by atoms with Crippen molar-refractivity contribution in [2.45, 2.75) is 20.3 Å². The van der Waals surface area contributed by atoms with E-state index in [1.54, 1.807) is 36.4 Å². The lowest BCUT2D eigenvalue weighted by Gasteiger charge is -2.17. The average molecular weight is 444 g/mol. The Kier molecular flexibility index (Phi) is 6.91. The molecule has 3 amide bonds. The zero-order valence-electron chi connectivity index (χ0n) is 17.1. The summed E-state index contributed by atoms with van der Waals surface area (Å²) in [7, 11) is 0. The summed E-state index contributed by atoms with van der Waals surface area (Å²) < 4.78 is 5.06. The lowest BCUT2D eigenvalue weighted by molar-refractivity contribution is -0.151. The highest BCUT2D eigenvalue weighted by Crippen LogP contribution is 2.21. The maximum atomic E-state index is 12.3. The van der Waals surface area contributed by atoms with Gasteiger partial charge in [0.15, 0.2) is 6.61 Å². The summed E-state index contributed by atoms with van der Waals surface area (Å²) in [6.45, 7) is 3.14. The van der Waals surface area contributed by atoms with E-state index in [1.165, 1.54) is 0 Å². The molecule has 162 valence electrons. The largest absolute Gasteiger partial charge is 0.455 e. The molecule has 0 aromatic heterocycles. The van der Waals surface area contributed by atoms with Gasteiger partial charge in [-0.25, -0.2) is 0 Å². The van der Waals surface area contributed by atoms with E-state index < -0.39 is 36.2 Å². The lowest BCUT2D eigenvalue weighted by Crippen LogP contribution is -2.43. The molecule has 0 radical (unpaired) electrons. The number of amides is 3. The average Bonchev–Trinajstić information content (AvgIpc) is 3.09. The third-order valence-electron chi connectivity index (χ3n) is 4.79. The van der Waals surface area contributed by atoms with Crippen molar-refractivity contribution in [3.63, 3.8) is 0 Å².